The normalized spacial score (nSPS) is 21.0. The van der Waals surface area contributed by atoms with Gasteiger partial charge in [-0.2, -0.15) is 22.0 Å². The summed E-state index contributed by atoms with van der Waals surface area (Å²) in [4.78, 5) is 71.4. The van der Waals surface area contributed by atoms with Crippen LogP contribution < -0.4 is 15.0 Å². The maximum absolute atomic E-state index is 14.8. The average molecular weight is 840 g/mol. The number of likely N-dealkylation sites (tertiary alicyclic amines) is 1. The molecular formula is C40H47ClF5N5O7. The Hall–Kier alpha value is -4.67. The van der Waals surface area contributed by atoms with Crippen LogP contribution in [0.5, 0.6) is 5.75 Å². The van der Waals surface area contributed by atoms with Gasteiger partial charge in [-0.1, -0.05) is 23.7 Å². The highest BCUT2D eigenvalue weighted by Crippen LogP contribution is 2.51. The second-order valence-corrected chi connectivity index (χ2v) is 16.7. The summed E-state index contributed by atoms with van der Waals surface area (Å²) >= 11 is 6.09. The molecule has 2 aliphatic heterocycles. The smallest absolute Gasteiger partial charge is 0.417 e. The Balaban J connectivity index is 1.23. The van der Waals surface area contributed by atoms with Crippen LogP contribution in [0.3, 0.4) is 0 Å². The molecule has 0 aromatic heterocycles. The monoisotopic (exact) mass is 839 g/mol. The van der Waals surface area contributed by atoms with Crippen LogP contribution in [0.2, 0.25) is 5.02 Å². The average Bonchev–Trinajstić information content (AvgIpc) is 4.09. The van der Waals surface area contributed by atoms with Crippen molar-refractivity contribution in [2.75, 3.05) is 31.1 Å². The van der Waals surface area contributed by atoms with Gasteiger partial charge in [-0.15, -0.1) is 0 Å². The zero-order valence-electron chi connectivity index (χ0n) is 32.6. The van der Waals surface area contributed by atoms with E-state index in [1.165, 1.54) is 23.6 Å². The molecule has 2 aromatic rings. The Morgan fingerprint density at radius 2 is 1.66 bits per heavy atom. The van der Waals surface area contributed by atoms with E-state index in [4.69, 9.17) is 16.3 Å². The van der Waals surface area contributed by atoms with Gasteiger partial charge >= 0.3 is 18.7 Å². The van der Waals surface area contributed by atoms with Gasteiger partial charge in [0.15, 0.2) is 5.60 Å². The predicted molar refractivity (Wildman–Crippen MR) is 202 cm³/mol. The second kappa shape index (κ2) is 16.2. The Labute approximate surface area is 337 Å². The quantitative estimate of drug-likeness (QED) is 0.214. The van der Waals surface area contributed by atoms with Crippen molar-refractivity contribution >= 4 is 47.0 Å². The van der Waals surface area contributed by atoms with Crippen LogP contribution >= 0.6 is 11.6 Å². The van der Waals surface area contributed by atoms with E-state index >= 15 is 0 Å². The number of carbonyl (C=O) groups excluding carboxylic acids is 4. The summed E-state index contributed by atoms with van der Waals surface area (Å²) in [6.45, 7) is 5.04. The Kier molecular flexibility index (Phi) is 12.0. The number of nitrogens with zero attached hydrogens (tertiary/aromatic N) is 4. The molecular weight excluding hydrogens is 793 g/mol. The lowest BCUT2D eigenvalue weighted by molar-refractivity contribution is -0.138. The van der Waals surface area contributed by atoms with Gasteiger partial charge in [0.25, 0.3) is 17.7 Å². The molecule has 6 rings (SSSR count). The predicted octanol–water partition coefficient (Wildman–Crippen LogP) is 6.72. The fourth-order valence-electron chi connectivity index (χ4n) is 8.27. The number of nitrogens with one attached hydrogen (secondary N) is 1. The zero-order valence-corrected chi connectivity index (χ0v) is 33.3. The summed E-state index contributed by atoms with van der Waals surface area (Å²) in [5.74, 6) is -3.80. The number of carbonyl (C=O) groups is 5. The van der Waals surface area contributed by atoms with Gasteiger partial charge in [0.05, 0.1) is 28.3 Å². The van der Waals surface area contributed by atoms with E-state index < -0.39 is 89.8 Å². The summed E-state index contributed by atoms with van der Waals surface area (Å²) in [7, 11) is 0. The van der Waals surface area contributed by atoms with Gasteiger partial charge < -0.3 is 34.8 Å². The number of hydrogen-bond donors (Lipinski definition) is 2. The minimum Gasteiger partial charge on any atom is -0.476 e. The molecule has 3 fully saturated rings. The molecule has 2 aliphatic carbocycles. The third-order valence-electron chi connectivity index (χ3n) is 11.5. The van der Waals surface area contributed by atoms with Crippen LogP contribution in [0.25, 0.3) is 0 Å². The number of benzene rings is 2. The molecule has 1 saturated heterocycles. The summed E-state index contributed by atoms with van der Waals surface area (Å²) in [5.41, 5.74) is -3.84. The molecule has 316 valence electrons. The maximum atomic E-state index is 14.8. The first-order valence-electron chi connectivity index (χ1n) is 19.4. The fourth-order valence-corrected chi connectivity index (χ4v) is 8.39. The van der Waals surface area contributed by atoms with Gasteiger partial charge in [0.2, 0.25) is 5.91 Å². The van der Waals surface area contributed by atoms with Crippen molar-refractivity contribution in [3.63, 3.8) is 0 Å². The standard InChI is InChI=1S/C40H47ClF5N5O7/c1-22(2)51(34(53)28-19-30-31(20-29(28)40(44,45)46)58-38(3,4)35(54)49(30)18-16-47-33(52)32(42)43)27-12-11-26(50(21-27)37(56)57)13-17-48(25-9-10-25)36(55)39(14-15-39)23-5-7-24(41)8-6-23/h5-8,19-20,22,25-27,32H,9-18,21H2,1-4H3,(H,47,52)(H,56,57)/t26-,27-/m1/s1. The highest BCUT2D eigenvalue weighted by molar-refractivity contribution is 6.30. The molecule has 2 aromatic carbocycles. The number of piperidine rings is 1. The van der Waals surface area contributed by atoms with Crippen molar-refractivity contribution in [1.82, 2.24) is 20.0 Å². The maximum Gasteiger partial charge on any atom is 0.417 e. The highest BCUT2D eigenvalue weighted by Gasteiger charge is 2.55. The number of rotatable bonds is 13. The first-order chi connectivity index (χ1) is 27.2. The van der Waals surface area contributed by atoms with Crippen molar-refractivity contribution < 1.29 is 55.8 Å². The van der Waals surface area contributed by atoms with E-state index in [0.717, 1.165) is 29.4 Å². The first-order valence-corrected chi connectivity index (χ1v) is 19.8. The van der Waals surface area contributed by atoms with Crippen LogP contribution in [-0.2, 0) is 26.0 Å². The van der Waals surface area contributed by atoms with Gasteiger partial charge in [-0.05, 0) is 102 Å². The van der Waals surface area contributed by atoms with E-state index in [2.05, 4.69) is 0 Å². The topological polar surface area (TPSA) is 140 Å². The number of alkyl halides is 5. The van der Waals surface area contributed by atoms with E-state index in [0.29, 0.717) is 36.9 Å². The Morgan fingerprint density at radius 3 is 2.21 bits per heavy atom. The fraction of sp³-hybridized carbons (Fsp3) is 0.575. The highest BCUT2D eigenvalue weighted by atomic mass is 35.5. The molecule has 2 N–H and O–H groups in total. The number of amides is 5. The SMILES string of the molecule is CC(C)N(C(=O)c1cc2c(cc1C(F)(F)F)OC(C)(C)C(=O)N2CCNC(=O)C(F)F)[C@@H]1CC[C@H](CCN(C(=O)C2(c3ccc(Cl)cc3)CC2)C2CC2)N(C(=O)O)C1. The van der Waals surface area contributed by atoms with E-state index in [1.54, 1.807) is 26.0 Å². The largest absolute Gasteiger partial charge is 0.476 e. The molecule has 0 radical (unpaired) electrons. The molecule has 0 bridgehead atoms. The first kappa shape index (κ1) is 42.9. The van der Waals surface area contributed by atoms with Crippen LogP contribution in [0.15, 0.2) is 36.4 Å². The van der Waals surface area contributed by atoms with Gasteiger partial charge in [0.1, 0.15) is 5.75 Å². The Morgan fingerprint density at radius 1 is 1.02 bits per heavy atom. The number of carboxylic acid groups (broad SMARTS) is 1. The van der Waals surface area contributed by atoms with Crippen LogP contribution in [-0.4, -0.2) is 112 Å². The van der Waals surface area contributed by atoms with Gasteiger partial charge in [0, 0.05) is 49.3 Å². The molecule has 2 heterocycles. The summed E-state index contributed by atoms with van der Waals surface area (Å²) in [5, 5.41) is 12.9. The van der Waals surface area contributed by atoms with E-state index in [1.807, 2.05) is 22.3 Å². The molecule has 58 heavy (non-hydrogen) atoms. The number of fused-ring (bicyclic) bond motifs is 1. The molecule has 4 aliphatic rings. The molecule has 2 saturated carbocycles. The summed E-state index contributed by atoms with van der Waals surface area (Å²) < 4.78 is 75.6. The summed E-state index contributed by atoms with van der Waals surface area (Å²) in [6.07, 6.45) is -5.75. The lowest BCUT2D eigenvalue weighted by Crippen LogP contribution is -2.57. The minimum absolute atomic E-state index is 0.00196. The van der Waals surface area contributed by atoms with E-state index in [9.17, 15) is 51.0 Å². The number of hydrogen-bond acceptors (Lipinski definition) is 6. The van der Waals surface area contributed by atoms with Gasteiger partial charge in [-0.25, -0.2) is 4.79 Å². The molecule has 2 atom stereocenters. The molecule has 0 unspecified atom stereocenters. The number of anilines is 1. The van der Waals surface area contributed by atoms with Crippen molar-refractivity contribution in [2.45, 2.75) is 120 Å². The van der Waals surface area contributed by atoms with E-state index in [-0.39, 0.29) is 42.8 Å². The number of ether oxygens (including phenoxy) is 1. The van der Waals surface area contributed by atoms with Crippen LogP contribution in [0.4, 0.5) is 32.4 Å². The second-order valence-electron chi connectivity index (χ2n) is 16.3. The molecule has 5 amide bonds. The third-order valence-corrected chi connectivity index (χ3v) is 11.8. The zero-order chi connectivity index (χ0) is 42.5. The van der Waals surface area contributed by atoms with Crippen molar-refractivity contribution in [2.24, 2.45) is 0 Å². The van der Waals surface area contributed by atoms with Crippen LogP contribution in [0, 0.1) is 0 Å². The third kappa shape index (κ3) is 8.69. The molecule has 0 spiro atoms. The van der Waals surface area contributed by atoms with Crippen molar-refractivity contribution in [3.8, 4) is 5.75 Å². The van der Waals surface area contributed by atoms with Crippen molar-refractivity contribution in [1.29, 1.82) is 0 Å². The Bertz CT molecular complexity index is 1940. The molecule has 18 heteroatoms. The summed E-state index contributed by atoms with van der Waals surface area (Å²) in [6, 6.07) is 6.71. The number of halogens is 6. The van der Waals surface area contributed by atoms with Crippen molar-refractivity contribution in [3.05, 3.63) is 58.1 Å². The molecule has 12 nitrogen and oxygen atoms in total. The lowest BCUT2D eigenvalue weighted by atomic mass is 9.92. The van der Waals surface area contributed by atoms with Crippen LogP contribution in [0.1, 0.15) is 94.1 Å². The minimum atomic E-state index is -5.07. The lowest BCUT2D eigenvalue weighted by Gasteiger charge is -2.45. The van der Waals surface area contributed by atoms with Gasteiger partial charge in [-0.3, -0.25) is 19.2 Å².